The molecule has 0 bridgehead atoms. The smallest absolute Gasteiger partial charge is 0.311 e. The maximum Gasteiger partial charge on any atom is 0.311 e. The van der Waals surface area contributed by atoms with Crippen LogP contribution in [0.25, 0.3) is 0 Å². The van der Waals surface area contributed by atoms with E-state index in [0.29, 0.717) is 35.8 Å². The molecular formula is C15H18BrNO4. The summed E-state index contributed by atoms with van der Waals surface area (Å²) in [6.45, 7) is 2.60. The third-order valence-electron chi connectivity index (χ3n) is 4.19. The number of carbonyl (C=O) groups excluding carboxylic acids is 1. The number of aliphatic carboxylic acids is 1. The summed E-state index contributed by atoms with van der Waals surface area (Å²) in [6, 6.07) is 4.63. The SMILES string of the molecule is CCC1(C(=O)O)CCCN(C(=O)c2ccc(Br)c(O)c2)C1. The van der Waals surface area contributed by atoms with Gasteiger partial charge in [0, 0.05) is 18.7 Å². The fourth-order valence-corrected chi connectivity index (χ4v) is 2.99. The molecule has 1 heterocycles. The fraction of sp³-hybridized carbons (Fsp3) is 0.467. The van der Waals surface area contributed by atoms with Gasteiger partial charge < -0.3 is 15.1 Å². The number of halogens is 1. The van der Waals surface area contributed by atoms with Crippen LogP contribution in [0.2, 0.25) is 0 Å². The third kappa shape index (κ3) is 3.05. The van der Waals surface area contributed by atoms with Gasteiger partial charge in [0.25, 0.3) is 5.91 Å². The lowest BCUT2D eigenvalue weighted by Crippen LogP contribution is -2.49. The van der Waals surface area contributed by atoms with Gasteiger partial charge in [-0.15, -0.1) is 0 Å². The summed E-state index contributed by atoms with van der Waals surface area (Å²) in [5.41, 5.74) is -0.487. The van der Waals surface area contributed by atoms with Gasteiger partial charge in [0.15, 0.2) is 0 Å². The number of piperidine rings is 1. The zero-order valence-electron chi connectivity index (χ0n) is 11.8. The molecule has 0 aliphatic carbocycles. The number of amides is 1. The minimum absolute atomic E-state index is 0.00199. The molecule has 1 aliphatic rings. The Balaban J connectivity index is 2.22. The molecule has 5 nitrogen and oxygen atoms in total. The highest BCUT2D eigenvalue weighted by Crippen LogP contribution is 2.34. The molecule has 114 valence electrons. The van der Waals surface area contributed by atoms with Gasteiger partial charge in [-0.1, -0.05) is 6.92 Å². The number of benzene rings is 1. The molecule has 2 N–H and O–H groups in total. The summed E-state index contributed by atoms with van der Waals surface area (Å²) in [5.74, 6) is -1.09. The van der Waals surface area contributed by atoms with Crippen molar-refractivity contribution < 1.29 is 19.8 Å². The molecular weight excluding hydrogens is 338 g/mol. The number of carboxylic acids is 1. The van der Waals surface area contributed by atoms with E-state index in [9.17, 15) is 19.8 Å². The molecule has 1 aromatic rings. The maximum absolute atomic E-state index is 12.5. The number of rotatable bonds is 3. The number of phenolic OH excluding ortho intramolecular Hbond substituents is 1. The molecule has 1 fully saturated rings. The lowest BCUT2D eigenvalue weighted by atomic mass is 9.77. The molecule has 1 unspecified atom stereocenters. The van der Waals surface area contributed by atoms with Gasteiger partial charge in [-0.2, -0.15) is 0 Å². The number of phenols is 1. The van der Waals surface area contributed by atoms with E-state index in [0.717, 1.165) is 0 Å². The van der Waals surface area contributed by atoms with Gasteiger partial charge >= 0.3 is 5.97 Å². The lowest BCUT2D eigenvalue weighted by molar-refractivity contribution is -0.152. The van der Waals surface area contributed by atoms with E-state index >= 15 is 0 Å². The number of hydrogen-bond acceptors (Lipinski definition) is 3. The zero-order valence-corrected chi connectivity index (χ0v) is 13.4. The van der Waals surface area contributed by atoms with Crippen LogP contribution in [0.4, 0.5) is 0 Å². The Morgan fingerprint density at radius 3 is 2.71 bits per heavy atom. The molecule has 6 heteroatoms. The topological polar surface area (TPSA) is 77.8 Å². The molecule has 1 saturated heterocycles. The Morgan fingerprint density at radius 1 is 1.43 bits per heavy atom. The first-order valence-electron chi connectivity index (χ1n) is 6.91. The monoisotopic (exact) mass is 355 g/mol. The summed E-state index contributed by atoms with van der Waals surface area (Å²) >= 11 is 3.17. The third-order valence-corrected chi connectivity index (χ3v) is 4.86. The minimum Gasteiger partial charge on any atom is -0.507 e. The number of nitrogens with zero attached hydrogens (tertiary/aromatic N) is 1. The van der Waals surface area contributed by atoms with E-state index in [1.807, 2.05) is 6.92 Å². The highest BCUT2D eigenvalue weighted by Gasteiger charge is 2.42. The molecule has 2 rings (SSSR count). The summed E-state index contributed by atoms with van der Waals surface area (Å²) in [6.07, 6.45) is 1.76. The van der Waals surface area contributed by atoms with Crippen LogP contribution in [0, 0.1) is 5.41 Å². The van der Waals surface area contributed by atoms with Crippen molar-refractivity contribution in [2.75, 3.05) is 13.1 Å². The summed E-state index contributed by atoms with van der Waals surface area (Å²) in [7, 11) is 0. The van der Waals surface area contributed by atoms with Crippen molar-refractivity contribution in [3.8, 4) is 5.75 Å². The van der Waals surface area contributed by atoms with E-state index < -0.39 is 11.4 Å². The molecule has 0 aromatic heterocycles. The van der Waals surface area contributed by atoms with Gasteiger partial charge in [-0.25, -0.2) is 0 Å². The second kappa shape index (κ2) is 6.05. The molecule has 21 heavy (non-hydrogen) atoms. The number of carbonyl (C=O) groups is 2. The lowest BCUT2D eigenvalue weighted by Gasteiger charge is -2.39. The first-order chi connectivity index (χ1) is 9.89. The van der Waals surface area contributed by atoms with Crippen molar-refractivity contribution in [3.63, 3.8) is 0 Å². The second-order valence-corrected chi connectivity index (χ2v) is 6.29. The molecule has 0 saturated carbocycles. The average Bonchev–Trinajstić information content (AvgIpc) is 2.49. The maximum atomic E-state index is 12.5. The number of carboxylic acid groups (broad SMARTS) is 1. The summed E-state index contributed by atoms with van der Waals surface area (Å²) in [5, 5.41) is 19.1. The van der Waals surface area contributed by atoms with E-state index in [2.05, 4.69) is 15.9 Å². The van der Waals surface area contributed by atoms with Crippen LogP contribution in [-0.4, -0.2) is 40.1 Å². The van der Waals surface area contributed by atoms with E-state index in [4.69, 9.17) is 0 Å². The van der Waals surface area contributed by atoms with Crippen molar-refractivity contribution in [2.24, 2.45) is 5.41 Å². The molecule has 0 spiro atoms. The highest BCUT2D eigenvalue weighted by atomic mass is 79.9. The first kappa shape index (κ1) is 15.8. The van der Waals surface area contributed by atoms with Crippen LogP contribution in [-0.2, 0) is 4.79 Å². The first-order valence-corrected chi connectivity index (χ1v) is 7.70. The van der Waals surface area contributed by atoms with Gasteiger partial charge in [-0.3, -0.25) is 9.59 Å². The molecule has 1 atom stereocenters. The Labute approximate surface area is 131 Å². The average molecular weight is 356 g/mol. The van der Waals surface area contributed by atoms with Crippen molar-refractivity contribution in [1.29, 1.82) is 0 Å². The largest absolute Gasteiger partial charge is 0.507 e. The van der Waals surface area contributed by atoms with Crippen LogP contribution in [0.5, 0.6) is 5.75 Å². The van der Waals surface area contributed by atoms with Gasteiger partial charge in [0.05, 0.1) is 9.89 Å². The van der Waals surface area contributed by atoms with Crippen molar-refractivity contribution >= 4 is 27.8 Å². The zero-order chi connectivity index (χ0) is 15.6. The van der Waals surface area contributed by atoms with Crippen molar-refractivity contribution in [3.05, 3.63) is 28.2 Å². The Hall–Kier alpha value is -1.56. The Kier molecular flexibility index (Phi) is 4.56. The number of hydrogen-bond donors (Lipinski definition) is 2. The Bertz CT molecular complexity index is 575. The van der Waals surface area contributed by atoms with Crippen molar-refractivity contribution in [2.45, 2.75) is 26.2 Å². The normalized spacial score (nSPS) is 22.1. The van der Waals surface area contributed by atoms with Crippen LogP contribution < -0.4 is 0 Å². The van der Waals surface area contributed by atoms with Gasteiger partial charge in [0.1, 0.15) is 5.75 Å². The second-order valence-electron chi connectivity index (χ2n) is 5.44. The summed E-state index contributed by atoms with van der Waals surface area (Å²) < 4.78 is 0.520. The fourth-order valence-electron chi connectivity index (χ4n) is 2.75. The Morgan fingerprint density at radius 2 is 2.14 bits per heavy atom. The number of aromatic hydroxyl groups is 1. The van der Waals surface area contributed by atoms with E-state index in [-0.39, 0.29) is 18.2 Å². The molecule has 1 amide bonds. The quantitative estimate of drug-likeness (QED) is 0.873. The van der Waals surface area contributed by atoms with Crippen LogP contribution >= 0.6 is 15.9 Å². The van der Waals surface area contributed by atoms with Crippen LogP contribution in [0.1, 0.15) is 36.5 Å². The summed E-state index contributed by atoms with van der Waals surface area (Å²) in [4.78, 5) is 25.6. The highest BCUT2D eigenvalue weighted by molar-refractivity contribution is 9.10. The number of likely N-dealkylation sites (tertiary alicyclic amines) is 1. The van der Waals surface area contributed by atoms with Crippen LogP contribution in [0.15, 0.2) is 22.7 Å². The predicted molar refractivity (Wildman–Crippen MR) is 81.3 cm³/mol. The predicted octanol–water partition coefficient (Wildman–Crippen LogP) is 2.87. The van der Waals surface area contributed by atoms with Crippen LogP contribution in [0.3, 0.4) is 0 Å². The molecule has 0 radical (unpaired) electrons. The van der Waals surface area contributed by atoms with Gasteiger partial charge in [-0.05, 0) is 53.4 Å². The minimum atomic E-state index is -0.856. The van der Waals surface area contributed by atoms with Gasteiger partial charge in [0.2, 0.25) is 0 Å². The van der Waals surface area contributed by atoms with E-state index in [1.54, 1.807) is 17.0 Å². The standard InChI is InChI=1S/C15H18BrNO4/c1-2-15(14(20)21)6-3-7-17(9-15)13(19)10-4-5-11(16)12(18)8-10/h4-5,8,18H,2-3,6-7,9H2,1H3,(H,20,21). The van der Waals surface area contributed by atoms with Crippen molar-refractivity contribution in [1.82, 2.24) is 4.90 Å². The van der Waals surface area contributed by atoms with E-state index in [1.165, 1.54) is 6.07 Å². The molecule has 1 aliphatic heterocycles. The molecule has 1 aromatic carbocycles.